The van der Waals surface area contributed by atoms with Crippen molar-refractivity contribution >= 4 is 44.1 Å². The largest absolute Gasteiger partial charge is 0.397 e. The zero-order valence-corrected chi connectivity index (χ0v) is 13.0. The van der Waals surface area contributed by atoms with Crippen LogP contribution in [-0.4, -0.2) is 10.9 Å². The fraction of sp³-hybridized carbons (Fsp3) is 0.0625. The monoisotopic (exact) mass is 343 g/mol. The molecule has 0 spiro atoms. The van der Waals surface area contributed by atoms with Crippen molar-refractivity contribution < 1.29 is 4.79 Å². The first-order valence-electron chi connectivity index (χ1n) is 6.50. The molecule has 3 aromatic rings. The minimum absolute atomic E-state index is 0.188. The summed E-state index contributed by atoms with van der Waals surface area (Å²) in [5.41, 5.74) is 9.57. The number of benzene rings is 2. The maximum atomic E-state index is 12.4. The highest BCUT2D eigenvalue weighted by Crippen LogP contribution is 2.25. The second-order valence-corrected chi connectivity index (χ2v) is 5.72. The van der Waals surface area contributed by atoms with Crippen LogP contribution in [-0.2, 0) is 0 Å². The lowest BCUT2D eigenvalue weighted by molar-refractivity contribution is 0.102. The van der Waals surface area contributed by atoms with Crippen molar-refractivity contribution in [3.8, 4) is 0 Å². The second-order valence-electron chi connectivity index (χ2n) is 4.86. The van der Waals surface area contributed by atoms with Crippen molar-refractivity contribution in [2.75, 3.05) is 11.1 Å². The van der Waals surface area contributed by atoms with Gasteiger partial charge in [0.1, 0.15) is 5.69 Å². The molecule has 0 bridgehead atoms. The molecular weight excluding hydrogens is 330 g/mol. The first-order chi connectivity index (χ1) is 10.1. The Morgan fingerprint density at radius 2 is 2.00 bits per heavy atom. The Balaban J connectivity index is 1.94. The van der Waals surface area contributed by atoms with E-state index in [1.807, 2.05) is 37.3 Å². The van der Waals surface area contributed by atoms with Crippen LogP contribution in [0.15, 0.2) is 46.9 Å². The molecule has 0 atom stereocenters. The normalized spacial score (nSPS) is 10.8. The maximum absolute atomic E-state index is 12.4. The van der Waals surface area contributed by atoms with Crippen molar-refractivity contribution in [3.63, 3.8) is 0 Å². The molecule has 2 aromatic carbocycles. The third-order valence-corrected chi connectivity index (χ3v) is 4.31. The lowest BCUT2D eigenvalue weighted by Crippen LogP contribution is -2.13. The molecule has 106 valence electrons. The Morgan fingerprint density at radius 1 is 1.24 bits per heavy atom. The van der Waals surface area contributed by atoms with E-state index >= 15 is 0 Å². The number of aromatic nitrogens is 1. The van der Waals surface area contributed by atoms with E-state index in [4.69, 9.17) is 5.73 Å². The smallest absolute Gasteiger partial charge is 0.272 e. The standard InChI is InChI=1S/C16H14BrN3O/c1-9-11(17)5-3-7-13(9)20-16(21)14-8-10-4-2-6-12(18)15(10)19-14/h2-8,19H,18H2,1H3,(H,20,21). The highest BCUT2D eigenvalue weighted by molar-refractivity contribution is 9.10. The van der Waals surface area contributed by atoms with Crippen LogP contribution in [0.4, 0.5) is 11.4 Å². The van der Waals surface area contributed by atoms with Crippen LogP contribution in [0, 0.1) is 6.92 Å². The quantitative estimate of drug-likeness (QED) is 0.613. The molecule has 4 nitrogen and oxygen atoms in total. The summed E-state index contributed by atoms with van der Waals surface area (Å²) >= 11 is 3.45. The van der Waals surface area contributed by atoms with Gasteiger partial charge in [-0.2, -0.15) is 0 Å². The molecule has 0 saturated heterocycles. The summed E-state index contributed by atoms with van der Waals surface area (Å²) in [4.78, 5) is 15.4. The lowest BCUT2D eigenvalue weighted by atomic mass is 10.2. The fourth-order valence-electron chi connectivity index (χ4n) is 2.23. The first-order valence-corrected chi connectivity index (χ1v) is 7.29. The van der Waals surface area contributed by atoms with Crippen LogP contribution in [0.25, 0.3) is 10.9 Å². The number of H-pyrrole nitrogens is 1. The Morgan fingerprint density at radius 3 is 2.76 bits per heavy atom. The number of fused-ring (bicyclic) bond motifs is 1. The van der Waals surface area contributed by atoms with Gasteiger partial charge in [-0.3, -0.25) is 4.79 Å². The van der Waals surface area contributed by atoms with Crippen LogP contribution in [0.2, 0.25) is 0 Å². The highest BCUT2D eigenvalue weighted by atomic mass is 79.9. The highest BCUT2D eigenvalue weighted by Gasteiger charge is 2.12. The van der Waals surface area contributed by atoms with Crippen molar-refractivity contribution in [3.05, 3.63) is 58.2 Å². The van der Waals surface area contributed by atoms with Crippen molar-refractivity contribution in [1.82, 2.24) is 4.98 Å². The summed E-state index contributed by atoms with van der Waals surface area (Å²) in [6, 6.07) is 13.1. The molecule has 0 unspecified atom stereocenters. The summed E-state index contributed by atoms with van der Waals surface area (Å²) in [6.45, 7) is 1.95. The number of amides is 1. The van der Waals surface area contributed by atoms with Gasteiger partial charge in [0, 0.05) is 15.5 Å². The summed E-state index contributed by atoms with van der Waals surface area (Å²) in [5, 5.41) is 3.83. The number of nitrogen functional groups attached to an aromatic ring is 1. The number of halogens is 1. The maximum Gasteiger partial charge on any atom is 0.272 e. The molecule has 3 rings (SSSR count). The number of carbonyl (C=O) groups is 1. The van der Waals surface area contributed by atoms with Crippen molar-refractivity contribution in [2.45, 2.75) is 6.92 Å². The van der Waals surface area contributed by atoms with Gasteiger partial charge in [-0.15, -0.1) is 0 Å². The number of nitrogens with one attached hydrogen (secondary N) is 2. The lowest BCUT2D eigenvalue weighted by Gasteiger charge is -2.08. The molecule has 0 aliphatic heterocycles. The van der Waals surface area contributed by atoms with E-state index in [9.17, 15) is 4.79 Å². The number of anilines is 2. The Hall–Kier alpha value is -2.27. The van der Waals surface area contributed by atoms with Gasteiger partial charge in [0.25, 0.3) is 5.91 Å². The van der Waals surface area contributed by atoms with Crippen LogP contribution in [0.5, 0.6) is 0 Å². The predicted octanol–water partition coefficient (Wildman–Crippen LogP) is 4.07. The Labute approximate surface area is 130 Å². The molecule has 1 aromatic heterocycles. The number of hydrogen-bond acceptors (Lipinski definition) is 2. The average Bonchev–Trinajstić information content (AvgIpc) is 2.89. The zero-order valence-electron chi connectivity index (χ0n) is 11.4. The molecule has 21 heavy (non-hydrogen) atoms. The van der Waals surface area contributed by atoms with E-state index < -0.39 is 0 Å². The SMILES string of the molecule is Cc1c(Br)cccc1NC(=O)c1cc2cccc(N)c2[nH]1. The average molecular weight is 344 g/mol. The summed E-state index contributed by atoms with van der Waals surface area (Å²) in [7, 11) is 0. The van der Waals surface area contributed by atoms with Crippen LogP contribution < -0.4 is 11.1 Å². The van der Waals surface area contributed by atoms with Crippen LogP contribution >= 0.6 is 15.9 Å². The molecule has 0 aliphatic carbocycles. The van der Waals surface area contributed by atoms with E-state index in [0.717, 1.165) is 26.6 Å². The van der Waals surface area contributed by atoms with E-state index in [2.05, 4.69) is 26.2 Å². The second kappa shape index (κ2) is 5.26. The molecule has 0 saturated carbocycles. The minimum atomic E-state index is -0.188. The Bertz CT molecular complexity index is 839. The van der Waals surface area contributed by atoms with Gasteiger partial charge in [-0.05, 0) is 36.8 Å². The van der Waals surface area contributed by atoms with Gasteiger partial charge < -0.3 is 16.0 Å². The summed E-state index contributed by atoms with van der Waals surface area (Å²) in [6.07, 6.45) is 0. The third-order valence-electron chi connectivity index (χ3n) is 3.45. The summed E-state index contributed by atoms with van der Waals surface area (Å²) in [5.74, 6) is -0.188. The molecule has 1 heterocycles. The van der Waals surface area contributed by atoms with Gasteiger partial charge in [-0.25, -0.2) is 0 Å². The molecule has 5 heteroatoms. The van der Waals surface area contributed by atoms with E-state index in [0.29, 0.717) is 11.4 Å². The molecule has 0 fully saturated rings. The Kier molecular flexibility index (Phi) is 3.43. The molecule has 0 radical (unpaired) electrons. The van der Waals surface area contributed by atoms with Crippen LogP contribution in [0.3, 0.4) is 0 Å². The fourth-order valence-corrected chi connectivity index (χ4v) is 2.60. The van der Waals surface area contributed by atoms with Gasteiger partial charge >= 0.3 is 0 Å². The number of para-hydroxylation sites is 1. The van der Waals surface area contributed by atoms with E-state index in [-0.39, 0.29) is 5.91 Å². The van der Waals surface area contributed by atoms with E-state index in [1.54, 1.807) is 12.1 Å². The van der Waals surface area contributed by atoms with Crippen molar-refractivity contribution in [1.29, 1.82) is 0 Å². The van der Waals surface area contributed by atoms with Gasteiger partial charge in [0.05, 0.1) is 11.2 Å². The number of aromatic amines is 1. The van der Waals surface area contributed by atoms with E-state index in [1.165, 1.54) is 0 Å². The van der Waals surface area contributed by atoms with Crippen molar-refractivity contribution in [2.24, 2.45) is 0 Å². The number of hydrogen-bond donors (Lipinski definition) is 3. The number of carbonyl (C=O) groups excluding carboxylic acids is 1. The zero-order chi connectivity index (χ0) is 15.0. The van der Waals surface area contributed by atoms with Crippen LogP contribution in [0.1, 0.15) is 16.1 Å². The third kappa shape index (κ3) is 2.52. The van der Waals surface area contributed by atoms with Gasteiger partial charge in [-0.1, -0.05) is 34.1 Å². The van der Waals surface area contributed by atoms with Gasteiger partial charge in [0.2, 0.25) is 0 Å². The molecule has 1 amide bonds. The number of nitrogens with two attached hydrogens (primary N) is 1. The molecule has 0 aliphatic rings. The first kappa shape index (κ1) is 13.7. The van der Waals surface area contributed by atoms with Gasteiger partial charge in [0.15, 0.2) is 0 Å². The summed E-state index contributed by atoms with van der Waals surface area (Å²) < 4.78 is 0.959. The topological polar surface area (TPSA) is 70.9 Å². The molecular formula is C16H14BrN3O. The number of rotatable bonds is 2. The minimum Gasteiger partial charge on any atom is -0.397 e. The predicted molar refractivity (Wildman–Crippen MR) is 89.5 cm³/mol. The molecule has 4 N–H and O–H groups in total.